The van der Waals surface area contributed by atoms with Gasteiger partial charge in [-0.2, -0.15) is 0 Å². The summed E-state index contributed by atoms with van der Waals surface area (Å²) in [5.74, 6) is 1.70. The third-order valence-electron chi connectivity index (χ3n) is 7.35. The molecule has 5 aromatic carbocycles. The molecule has 0 bridgehead atoms. The first-order chi connectivity index (χ1) is 19.7. The van der Waals surface area contributed by atoms with E-state index in [-0.39, 0.29) is 0 Å². The topological polar surface area (TPSA) is 64.5 Å². The summed E-state index contributed by atoms with van der Waals surface area (Å²) in [6.07, 6.45) is 3.52. The summed E-state index contributed by atoms with van der Waals surface area (Å²) in [6.45, 7) is 4.25. The minimum atomic E-state index is 0.487. The van der Waals surface area contributed by atoms with E-state index in [1.807, 2.05) is 30.3 Å². The lowest BCUT2D eigenvalue weighted by Gasteiger charge is -2.13. The standard InChI is InChI=1S/C35H25N5/c1-22-16-18-29(27-14-8-6-12-25(22)27)33-38-34(30-19-17-23(2)26-13-7-9-15-28(26)30)40-35(39-33)32-21-36-31(20-37-32)24-10-4-3-5-11-24/h3-21H,1-2H3. The molecule has 0 N–H and O–H groups in total. The summed E-state index contributed by atoms with van der Waals surface area (Å²) in [4.78, 5) is 24.4. The van der Waals surface area contributed by atoms with Gasteiger partial charge in [0.25, 0.3) is 0 Å². The Balaban J connectivity index is 1.46. The summed E-state index contributed by atoms with van der Waals surface area (Å²) in [7, 11) is 0. The van der Waals surface area contributed by atoms with Crippen molar-refractivity contribution in [2.45, 2.75) is 13.8 Å². The smallest absolute Gasteiger partial charge is 0.184 e. The molecule has 2 heterocycles. The molecule has 5 heteroatoms. The number of rotatable bonds is 4. The number of fused-ring (bicyclic) bond motifs is 2. The molecule has 0 saturated carbocycles. The SMILES string of the molecule is Cc1ccc(-c2nc(-c3cnc(-c4ccccc4)cn3)nc(-c3ccc(C)c4ccccc34)n2)c2ccccc12. The van der Waals surface area contributed by atoms with Crippen molar-refractivity contribution >= 4 is 21.5 Å². The summed E-state index contributed by atoms with van der Waals surface area (Å²) in [5.41, 5.74) is 6.73. The number of hydrogen-bond acceptors (Lipinski definition) is 5. The van der Waals surface area contributed by atoms with E-state index in [1.54, 1.807) is 12.4 Å². The highest BCUT2D eigenvalue weighted by atomic mass is 15.1. The zero-order valence-corrected chi connectivity index (χ0v) is 22.2. The average molecular weight is 516 g/mol. The van der Waals surface area contributed by atoms with Gasteiger partial charge in [0.05, 0.1) is 18.1 Å². The Morgan fingerprint density at radius 2 is 0.850 bits per heavy atom. The van der Waals surface area contributed by atoms with Gasteiger partial charge in [0, 0.05) is 16.7 Å². The van der Waals surface area contributed by atoms with E-state index in [0.29, 0.717) is 23.2 Å². The number of hydrogen-bond donors (Lipinski definition) is 0. The van der Waals surface area contributed by atoms with Crippen LogP contribution in [0.2, 0.25) is 0 Å². The van der Waals surface area contributed by atoms with Crippen molar-refractivity contribution in [2.75, 3.05) is 0 Å². The van der Waals surface area contributed by atoms with Crippen LogP contribution in [-0.4, -0.2) is 24.9 Å². The molecule has 40 heavy (non-hydrogen) atoms. The first kappa shape index (κ1) is 23.8. The highest BCUT2D eigenvalue weighted by Crippen LogP contribution is 2.33. The van der Waals surface area contributed by atoms with Crippen molar-refractivity contribution in [2.24, 2.45) is 0 Å². The fourth-order valence-corrected chi connectivity index (χ4v) is 5.22. The minimum Gasteiger partial charge on any atom is -0.252 e. The lowest BCUT2D eigenvalue weighted by atomic mass is 9.99. The van der Waals surface area contributed by atoms with E-state index in [2.05, 4.69) is 86.6 Å². The van der Waals surface area contributed by atoms with Gasteiger partial charge < -0.3 is 0 Å². The average Bonchev–Trinajstić information content (AvgIpc) is 3.02. The fraction of sp³-hybridized carbons (Fsp3) is 0.0571. The second kappa shape index (κ2) is 9.79. The Morgan fingerprint density at radius 1 is 0.400 bits per heavy atom. The Labute approximate surface area is 232 Å². The van der Waals surface area contributed by atoms with Crippen molar-refractivity contribution in [3.8, 4) is 45.6 Å². The van der Waals surface area contributed by atoms with Gasteiger partial charge in [0.2, 0.25) is 0 Å². The quantitative estimate of drug-likeness (QED) is 0.236. The highest BCUT2D eigenvalue weighted by Gasteiger charge is 2.17. The van der Waals surface area contributed by atoms with E-state index >= 15 is 0 Å². The van der Waals surface area contributed by atoms with Crippen LogP contribution in [-0.2, 0) is 0 Å². The van der Waals surface area contributed by atoms with Gasteiger partial charge in [-0.25, -0.2) is 19.9 Å². The molecule has 0 aliphatic carbocycles. The van der Waals surface area contributed by atoms with Gasteiger partial charge in [-0.15, -0.1) is 0 Å². The third-order valence-corrected chi connectivity index (χ3v) is 7.35. The maximum Gasteiger partial charge on any atom is 0.184 e. The van der Waals surface area contributed by atoms with Crippen LogP contribution in [0.4, 0.5) is 0 Å². The normalized spacial score (nSPS) is 11.2. The van der Waals surface area contributed by atoms with E-state index in [1.165, 1.54) is 21.9 Å². The predicted octanol–water partition coefficient (Wildman–Crippen LogP) is 8.25. The molecular weight excluding hydrogens is 490 g/mol. The van der Waals surface area contributed by atoms with Crippen molar-refractivity contribution in [3.63, 3.8) is 0 Å². The summed E-state index contributed by atoms with van der Waals surface area (Å²) in [5, 5.41) is 4.56. The second-order valence-electron chi connectivity index (χ2n) is 9.91. The van der Waals surface area contributed by atoms with Crippen molar-refractivity contribution < 1.29 is 0 Å². The molecule has 0 radical (unpaired) electrons. The molecule has 0 spiro atoms. The first-order valence-electron chi connectivity index (χ1n) is 13.3. The van der Waals surface area contributed by atoms with Crippen molar-refractivity contribution in [1.82, 2.24) is 24.9 Å². The summed E-state index contributed by atoms with van der Waals surface area (Å²) in [6, 6.07) is 35.2. The predicted molar refractivity (Wildman–Crippen MR) is 162 cm³/mol. The number of benzene rings is 5. The van der Waals surface area contributed by atoms with Gasteiger partial charge in [-0.3, -0.25) is 4.98 Å². The maximum atomic E-state index is 5.05. The van der Waals surface area contributed by atoms with Crippen LogP contribution < -0.4 is 0 Å². The largest absolute Gasteiger partial charge is 0.252 e. The molecule has 190 valence electrons. The molecule has 2 aromatic heterocycles. The lowest BCUT2D eigenvalue weighted by Crippen LogP contribution is -2.02. The van der Waals surface area contributed by atoms with Crippen molar-refractivity contribution in [3.05, 3.63) is 127 Å². The van der Waals surface area contributed by atoms with Crippen LogP contribution in [0.25, 0.3) is 67.1 Å². The Hall–Kier alpha value is -5.29. The van der Waals surface area contributed by atoms with Gasteiger partial charge in [-0.1, -0.05) is 103 Å². The van der Waals surface area contributed by atoms with Crippen LogP contribution in [0, 0.1) is 13.8 Å². The van der Waals surface area contributed by atoms with E-state index < -0.39 is 0 Å². The summed E-state index contributed by atoms with van der Waals surface area (Å²) >= 11 is 0. The molecule has 0 unspecified atom stereocenters. The summed E-state index contributed by atoms with van der Waals surface area (Å²) < 4.78 is 0. The molecule has 0 aliphatic rings. The zero-order valence-electron chi connectivity index (χ0n) is 22.2. The van der Waals surface area contributed by atoms with Crippen LogP contribution in [0.5, 0.6) is 0 Å². The minimum absolute atomic E-state index is 0.487. The zero-order chi connectivity index (χ0) is 27.1. The van der Waals surface area contributed by atoms with Gasteiger partial charge in [-0.05, 0) is 46.5 Å². The lowest BCUT2D eigenvalue weighted by molar-refractivity contribution is 1.05. The molecular formula is C35H25N5. The Morgan fingerprint density at radius 3 is 1.38 bits per heavy atom. The molecule has 0 saturated heterocycles. The Kier molecular flexibility index (Phi) is 5.82. The molecule has 0 atom stereocenters. The molecule has 7 rings (SSSR count). The van der Waals surface area contributed by atoms with E-state index in [0.717, 1.165) is 33.2 Å². The van der Waals surface area contributed by atoms with Crippen LogP contribution in [0.3, 0.4) is 0 Å². The van der Waals surface area contributed by atoms with Gasteiger partial charge >= 0.3 is 0 Å². The second-order valence-corrected chi connectivity index (χ2v) is 9.91. The molecule has 0 aliphatic heterocycles. The monoisotopic (exact) mass is 515 g/mol. The van der Waals surface area contributed by atoms with Crippen LogP contribution >= 0.6 is 0 Å². The molecule has 0 amide bonds. The molecule has 5 nitrogen and oxygen atoms in total. The van der Waals surface area contributed by atoms with Crippen LogP contribution in [0.15, 0.2) is 116 Å². The van der Waals surface area contributed by atoms with Crippen LogP contribution in [0.1, 0.15) is 11.1 Å². The number of aryl methyl sites for hydroxylation is 2. The van der Waals surface area contributed by atoms with Gasteiger partial charge in [0.1, 0.15) is 5.69 Å². The van der Waals surface area contributed by atoms with E-state index in [4.69, 9.17) is 24.9 Å². The maximum absolute atomic E-state index is 5.05. The highest BCUT2D eigenvalue weighted by molar-refractivity contribution is 5.99. The molecule has 0 fully saturated rings. The van der Waals surface area contributed by atoms with E-state index in [9.17, 15) is 0 Å². The first-order valence-corrected chi connectivity index (χ1v) is 13.3. The molecule has 7 aromatic rings. The third kappa shape index (κ3) is 4.18. The Bertz CT molecular complexity index is 1910. The number of aromatic nitrogens is 5. The van der Waals surface area contributed by atoms with Crippen molar-refractivity contribution in [1.29, 1.82) is 0 Å². The number of nitrogens with zero attached hydrogens (tertiary/aromatic N) is 5. The fourth-order valence-electron chi connectivity index (χ4n) is 5.22. The van der Waals surface area contributed by atoms with Gasteiger partial charge in [0.15, 0.2) is 17.5 Å².